The number of ether oxygens (including phenoxy) is 4. The summed E-state index contributed by atoms with van der Waals surface area (Å²) < 4.78 is 20.4. The van der Waals surface area contributed by atoms with E-state index >= 15 is 0 Å². The van der Waals surface area contributed by atoms with Crippen molar-refractivity contribution in [2.75, 3.05) is 33.4 Å². The highest BCUT2D eigenvalue weighted by Gasteiger charge is 2.24. The van der Waals surface area contributed by atoms with Crippen molar-refractivity contribution in [3.63, 3.8) is 0 Å². The summed E-state index contributed by atoms with van der Waals surface area (Å²) in [5.74, 6) is -0.643. The van der Waals surface area contributed by atoms with Crippen LogP contribution in [0.4, 0.5) is 9.59 Å². The van der Waals surface area contributed by atoms with Crippen LogP contribution in [0.5, 0.6) is 11.5 Å². The number of likely N-dealkylation sites (N-methyl/N-ethyl adjacent to an activating group) is 1. The molecule has 0 aliphatic carbocycles. The van der Waals surface area contributed by atoms with Crippen molar-refractivity contribution < 1.29 is 38.1 Å². The average Bonchev–Trinajstić information content (AvgIpc) is 2.85. The van der Waals surface area contributed by atoms with E-state index in [1.54, 1.807) is 67.7 Å². The molecule has 0 fully saturated rings. The Labute approximate surface area is 203 Å². The Morgan fingerprint density at radius 2 is 1.34 bits per heavy atom. The lowest BCUT2D eigenvalue weighted by Crippen LogP contribution is -2.44. The van der Waals surface area contributed by atoms with Gasteiger partial charge in [-0.05, 0) is 37.7 Å². The summed E-state index contributed by atoms with van der Waals surface area (Å²) in [6.07, 6.45) is -1.78. The standard InChI is InChI=1S/C24H29N3O8/c1-25-14-16-33-22(29)20(27-24(31)35-19-10-6-3-7-11-19)12-13-21(28)32-17-15-26-23(30)34-18-8-4-2-5-9-18/h2-11,20,25H,12-17H2,1H3,(H,26,30)(H,27,31). The minimum Gasteiger partial charge on any atom is -0.464 e. The van der Waals surface area contributed by atoms with Crippen LogP contribution in [0.1, 0.15) is 12.8 Å². The molecule has 0 spiro atoms. The van der Waals surface area contributed by atoms with Crippen molar-refractivity contribution in [3.8, 4) is 11.5 Å². The summed E-state index contributed by atoms with van der Waals surface area (Å²) in [7, 11) is 1.70. The van der Waals surface area contributed by atoms with E-state index in [-0.39, 0.29) is 32.6 Å². The zero-order valence-electron chi connectivity index (χ0n) is 19.4. The molecule has 2 aromatic rings. The Balaban J connectivity index is 1.74. The van der Waals surface area contributed by atoms with Gasteiger partial charge in [-0.25, -0.2) is 14.4 Å². The first kappa shape index (κ1) is 27.1. The van der Waals surface area contributed by atoms with Gasteiger partial charge in [0, 0.05) is 13.0 Å². The topological polar surface area (TPSA) is 141 Å². The van der Waals surface area contributed by atoms with Crippen molar-refractivity contribution in [1.29, 1.82) is 0 Å². The number of esters is 2. The molecule has 0 aliphatic heterocycles. The van der Waals surface area contributed by atoms with Gasteiger partial charge in [0.25, 0.3) is 0 Å². The first-order valence-corrected chi connectivity index (χ1v) is 11.0. The number of hydrogen-bond donors (Lipinski definition) is 3. The van der Waals surface area contributed by atoms with Gasteiger partial charge in [0.15, 0.2) is 0 Å². The molecule has 0 saturated heterocycles. The number of carbonyl (C=O) groups excluding carboxylic acids is 4. The molecule has 188 valence electrons. The maximum absolute atomic E-state index is 12.4. The predicted molar refractivity (Wildman–Crippen MR) is 125 cm³/mol. The zero-order valence-corrected chi connectivity index (χ0v) is 19.4. The van der Waals surface area contributed by atoms with Crippen LogP contribution in [0.3, 0.4) is 0 Å². The highest BCUT2D eigenvalue weighted by atomic mass is 16.6. The summed E-state index contributed by atoms with van der Waals surface area (Å²) in [4.78, 5) is 48.3. The van der Waals surface area contributed by atoms with Gasteiger partial charge < -0.3 is 34.9 Å². The average molecular weight is 488 g/mol. The number of benzene rings is 2. The van der Waals surface area contributed by atoms with E-state index in [9.17, 15) is 19.2 Å². The van der Waals surface area contributed by atoms with E-state index < -0.39 is 30.2 Å². The van der Waals surface area contributed by atoms with Crippen LogP contribution in [0.2, 0.25) is 0 Å². The highest BCUT2D eigenvalue weighted by Crippen LogP contribution is 2.10. The van der Waals surface area contributed by atoms with Gasteiger partial charge in [0.1, 0.15) is 30.8 Å². The number of nitrogens with one attached hydrogen (secondary N) is 3. The summed E-state index contributed by atoms with van der Waals surface area (Å²) in [6.45, 7) is 0.461. The molecule has 0 radical (unpaired) electrons. The molecule has 0 saturated carbocycles. The van der Waals surface area contributed by atoms with E-state index in [1.807, 2.05) is 0 Å². The van der Waals surface area contributed by atoms with E-state index in [0.29, 0.717) is 18.0 Å². The highest BCUT2D eigenvalue weighted by molar-refractivity contribution is 5.82. The van der Waals surface area contributed by atoms with Gasteiger partial charge in [-0.3, -0.25) is 4.79 Å². The lowest BCUT2D eigenvalue weighted by atomic mass is 10.1. The predicted octanol–water partition coefficient (Wildman–Crippen LogP) is 2.02. The Kier molecular flexibility index (Phi) is 12.1. The summed E-state index contributed by atoms with van der Waals surface area (Å²) in [5, 5.41) is 7.70. The van der Waals surface area contributed by atoms with Crippen molar-refractivity contribution >= 4 is 24.1 Å². The first-order valence-electron chi connectivity index (χ1n) is 11.0. The van der Waals surface area contributed by atoms with Crippen molar-refractivity contribution in [2.24, 2.45) is 0 Å². The Morgan fingerprint density at radius 3 is 1.94 bits per heavy atom. The number of para-hydroxylation sites is 2. The van der Waals surface area contributed by atoms with Gasteiger partial charge in [-0.15, -0.1) is 0 Å². The van der Waals surface area contributed by atoms with Gasteiger partial charge >= 0.3 is 24.1 Å². The normalized spacial score (nSPS) is 11.0. The van der Waals surface area contributed by atoms with Gasteiger partial charge in [-0.1, -0.05) is 36.4 Å². The minimum atomic E-state index is -1.12. The number of amides is 2. The molecule has 1 unspecified atom stereocenters. The lowest BCUT2D eigenvalue weighted by molar-refractivity contribution is -0.147. The summed E-state index contributed by atoms with van der Waals surface area (Å²) >= 11 is 0. The lowest BCUT2D eigenvalue weighted by Gasteiger charge is -2.17. The maximum atomic E-state index is 12.4. The minimum absolute atomic E-state index is 0.0363. The Hall–Kier alpha value is -4.12. The van der Waals surface area contributed by atoms with Crippen LogP contribution in [-0.2, 0) is 19.1 Å². The van der Waals surface area contributed by atoms with Crippen LogP contribution >= 0.6 is 0 Å². The second-order valence-electron chi connectivity index (χ2n) is 7.06. The van der Waals surface area contributed by atoms with Crippen LogP contribution in [-0.4, -0.2) is 63.5 Å². The van der Waals surface area contributed by atoms with Gasteiger partial charge in [0.2, 0.25) is 0 Å². The van der Waals surface area contributed by atoms with Crippen LogP contribution in [0.15, 0.2) is 60.7 Å². The molecule has 11 nitrogen and oxygen atoms in total. The molecule has 0 aliphatic rings. The number of rotatable bonds is 13. The second kappa shape index (κ2) is 15.7. The summed E-state index contributed by atoms with van der Waals surface area (Å²) in [6, 6.07) is 15.7. The smallest absolute Gasteiger partial charge is 0.413 e. The molecular formula is C24H29N3O8. The quantitative estimate of drug-likeness (QED) is 0.286. The molecule has 0 bridgehead atoms. The van der Waals surface area contributed by atoms with E-state index in [0.717, 1.165) is 0 Å². The van der Waals surface area contributed by atoms with E-state index in [2.05, 4.69) is 16.0 Å². The van der Waals surface area contributed by atoms with E-state index in [4.69, 9.17) is 18.9 Å². The van der Waals surface area contributed by atoms with Crippen molar-refractivity contribution in [1.82, 2.24) is 16.0 Å². The fourth-order valence-electron chi connectivity index (χ4n) is 2.65. The SMILES string of the molecule is CNCCOC(=O)C(CCC(=O)OCCNC(=O)Oc1ccccc1)NC(=O)Oc1ccccc1. The third kappa shape index (κ3) is 11.5. The molecular weight excluding hydrogens is 458 g/mol. The van der Waals surface area contributed by atoms with Crippen molar-refractivity contribution in [3.05, 3.63) is 60.7 Å². The molecule has 2 rings (SSSR count). The van der Waals surface area contributed by atoms with Gasteiger partial charge in [0.05, 0.1) is 6.54 Å². The van der Waals surface area contributed by atoms with Crippen LogP contribution in [0, 0.1) is 0 Å². The van der Waals surface area contributed by atoms with Crippen LogP contribution < -0.4 is 25.4 Å². The maximum Gasteiger partial charge on any atom is 0.413 e. The largest absolute Gasteiger partial charge is 0.464 e. The summed E-state index contributed by atoms with van der Waals surface area (Å²) in [5.41, 5.74) is 0. The molecule has 35 heavy (non-hydrogen) atoms. The molecule has 2 amide bonds. The molecule has 0 aromatic heterocycles. The molecule has 3 N–H and O–H groups in total. The molecule has 0 heterocycles. The molecule has 1 atom stereocenters. The zero-order chi connectivity index (χ0) is 25.3. The first-order chi connectivity index (χ1) is 17.0. The fraction of sp³-hybridized carbons (Fsp3) is 0.333. The van der Waals surface area contributed by atoms with Crippen molar-refractivity contribution in [2.45, 2.75) is 18.9 Å². The monoisotopic (exact) mass is 487 g/mol. The second-order valence-corrected chi connectivity index (χ2v) is 7.06. The molecule has 2 aromatic carbocycles. The third-order valence-corrected chi connectivity index (χ3v) is 4.35. The Bertz CT molecular complexity index is 940. The number of hydrogen-bond acceptors (Lipinski definition) is 9. The van der Waals surface area contributed by atoms with E-state index in [1.165, 1.54) is 0 Å². The van der Waals surface area contributed by atoms with Crippen LogP contribution in [0.25, 0.3) is 0 Å². The number of carbonyl (C=O) groups is 4. The third-order valence-electron chi connectivity index (χ3n) is 4.35. The Morgan fingerprint density at radius 1 is 0.771 bits per heavy atom. The molecule has 11 heteroatoms. The fourth-order valence-corrected chi connectivity index (χ4v) is 2.65. The van der Waals surface area contributed by atoms with Gasteiger partial charge in [-0.2, -0.15) is 0 Å².